The van der Waals surface area contributed by atoms with Gasteiger partial charge in [0.25, 0.3) is 0 Å². The minimum atomic E-state index is 0.129. The molecule has 1 aliphatic carbocycles. The van der Waals surface area contributed by atoms with Gasteiger partial charge >= 0.3 is 0 Å². The molecule has 19 heavy (non-hydrogen) atoms. The van der Waals surface area contributed by atoms with Crippen LogP contribution in [-0.4, -0.2) is 11.8 Å². The van der Waals surface area contributed by atoms with Gasteiger partial charge in [-0.1, -0.05) is 26.7 Å². The molecule has 0 spiro atoms. The lowest BCUT2D eigenvalue weighted by Gasteiger charge is -2.35. The molecule has 2 nitrogen and oxygen atoms in total. The smallest absolute Gasteiger partial charge is 0.159 e. The van der Waals surface area contributed by atoms with Crippen LogP contribution in [0.25, 0.3) is 0 Å². The Morgan fingerprint density at radius 3 is 2.37 bits per heavy atom. The summed E-state index contributed by atoms with van der Waals surface area (Å²) in [6.07, 6.45) is 5.29. The topological polar surface area (TPSA) is 29.1 Å². The van der Waals surface area contributed by atoms with E-state index in [1.165, 1.54) is 25.7 Å². The van der Waals surface area contributed by atoms with Crippen molar-refractivity contribution in [2.45, 2.75) is 52.5 Å². The Balaban J connectivity index is 2.04. The lowest BCUT2D eigenvalue weighted by Crippen LogP contribution is -2.35. The Hall–Kier alpha value is -1.31. The first kappa shape index (κ1) is 14.1. The lowest BCUT2D eigenvalue weighted by atomic mass is 9.78. The average Bonchev–Trinajstić information content (AvgIpc) is 2.39. The van der Waals surface area contributed by atoms with Crippen molar-refractivity contribution in [2.24, 2.45) is 11.8 Å². The van der Waals surface area contributed by atoms with Crippen molar-refractivity contribution in [1.82, 2.24) is 0 Å². The molecule has 1 aromatic carbocycles. The third-order valence-electron chi connectivity index (χ3n) is 4.32. The molecule has 1 aromatic rings. The van der Waals surface area contributed by atoms with Gasteiger partial charge in [0.15, 0.2) is 5.78 Å². The SMILES string of the molecule is CC(=O)c1ccc(NC2CCCCC2C(C)C)cc1. The van der Waals surface area contributed by atoms with Crippen molar-refractivity contribution >= 4 is 11.5 Å². The molecular weight excluding hydrogens is 234 g/mol. The first-order chi connectivity index (χ1) is 9.08. The summed E-state index contributed by atoms with van der Waals surface area (Å²) in [6, 6.07) is 8.47. The zero-order valence-corrected chi connectivity index (χ0v) is 12.3. The molecule has 2 heteroatoms. The summed E-state index contributed by atoms with van der Waals surface area (Å²) in [7, 11) is 0. The van der Waals surface area contributed by atoms with Crippen LogP contribution in [-0.2, 0) is 0 Å². The van der Waals surface area contributed by atoms with Crippen LogP contribution in [0.5, 0.6) is 0 Å². The predicted molar refractivity (Wildman–Crippen MR) is 80.7 cm³/mol. The summed E-state index contributed by atoms with van der Waals surface area (Å²) in [5.74, 6) is 1.62. The molecule has 2 rings (SSSR count). The highest BCUT2D eigenvalue weighted by Gasteiger charge is 2.27. The van der Waals surface area contributed by atoms with Crippen LogP contribution >= 0.6 is 0 Å². The fraction of sp³-hybridized carbons (Fsp3) is 0.588. The molecule has 1 saturated carbocycles. The molecule has 1 N–H and O–H groups in total. The summed E-state index contributed by atoms with van der Waals surface area (Å²) in [5.41, 5.74) is 1.93. The molecule has 104 valence electrons. The van der Waals surface area contributed by atoms with E-state index in [9.17, 15) is 4.79 Å². The molecule has 0 radical (unpaired) electrons. The van der Waals surface area contributed by atoms with Crippen LogP contribution < -0.4 is 5.32 Å². The number of anilines is 1. The summed E-state index contributed by atoms with van der Waals surface area (Å²) in [6.45, 7) is 6.26. The van der Waals surface area contributed by atoms with E-state index >= 15 is 0 Å². The Kier molecular flexibility index (Phi) is 4.62. The fourth-order valence-corrected chi connectivity index (χ4v) is 3.15. The Labute approximate surface area is 116 Å². The Bertz CT molecular complexity index is 421. The molecule has 0 aromatic heterocycles. The molecule has 0 saturated heterocycles. The number of benzene rings is 1. The Morgan fingerprint density at radius 2 is 1.79 bits per heavy atom. The van der Waals surface area contributed by atoms with Gasteiger partial charge in [-0.2, -0.15) is 0 Å². The average molecular weight is 259 g/mol. The standard InChI is InChI=1S/C17H25NO/c1-12(2)16-6-4-5-7-17(16)18-15-10-8-14(9-11-15)13(3)19/h8-12,16-18H,4-7H2,1-3H3. The maximum absolute atomic E-state index is 11.3. The number of carbonyl (C=O) groups is 1. The third-order valence-corrected chi connectivity index (χ3v) is 4.32. The van der Waals surface area contributed by atoms with Crippen LogP contribution in [0.3, 0.4) is 0 Å². The molecule has 1 fully saturated rings. The number of ketones is 1. The Morgan fingerprint density at radius 1 is 1.16 bits per heavy atom. The fourth-order valence-electron chi connectivity index (χ4n) is 3.15. The van der Waals surface area contributed by atoms with E-state index in [0.29, 0.717) is 6.04 Å². The van der Waals surface area contributed by atoms with E-state index in [1.54, 1.807) is 6.92 Å². The minimum absolute atomic E-state index is 0.129. The second-order valence-corrected chi connectivity index (χ2v) is 6.08. The van der Waals surface area contributed by atoms with Gasteiger partial charge in [-0.25, -0.2) is 0 Å². The molecule has 2 unspecified atom stereocenters. The molecule has 1 aliphatic rings. The van der Waals surface area contributed by atoms with E-state index in [0.717, 1.165) is 23.1 Å². The van der Waals surface area contributed by atoms with Crippen molar-refractivity contribution in [3.05, 3.63) is 29.8 Å². The minimum Gasteiger partial charge on any atom is -0.382 e. The van der Waals surface area contributed by atoms with Crippen molar-refractivity contribution in [3.8, 4) is 0 Å². The van der Waals surface area contributed by atoms with Crippen LogP contribution in [0.4, 0.5) is 5.69 Å². The van der Waals surface area contributed by atoms with E-state index in [4.69, 9.17) is 0 Å². The van der Waals surface area contributed by atoms with Gasteiger partial charge in [-0.3, -0.25) is 4.79 Å². The van der Waals surface area contributed by atoms with Crippen LogP contribution in [0, 0.1) is 11.8 Å². The molecule has 0 aliphatic heterocycles. The summed E-state index contributed by atoms with van der Waals surface area (Å²) < 4.78 is 0. The number of hydrogen-bond donors (Lipinski definition) is 1. The van der Waals surface area contributed by atoms with E-state index in [-0.39, 0.29) is 5.78 Å². The lowest BCUT2D eigenvalue weighted by molar-refractivity contribution is 0.101. The molecule has 2 atom stereocenters. The van der Waals surface area contributed by atoms with Crippen molar-refractivity contribution in [1.29, 1.82) is 0 Å². The zero-order valence-electron chi connectivity index (χ0n) is 12.3. The summed E-state index contributed by atoms with van der Waals surface area (Å²) in [5, 5.41) is 3.67. The predicted octanol–water partition coefficient (Wildman–Crippen LogP) is 4.52. The van der Waals surface area contributed by atoms with Crippen molar-refractivity contribution < 1.29 is 4.79 Å². The van der Waals surface area contributed by atoms with Crippen LogP contribution in [0.1, 0.15) is 56.8 Å². The third kappa shape index (κ3) is 3.59. The summed E-state index contributed by atoms with van der Waals surface area (Å²) in [4.78, 5) is 11.3. The molecular formula is C17H25NO. The maximum atomic E-state index is 11.3. The number of carbonyl (C=O) groups excluding carboxylic acids is 1. The number of hydrogen-bond acceptors (Lipinski definition) is 2. The maximum Gasteiger partial charge on any atom is 0.159 e. The quantitative estimate of drug-likeness (QED) is 0.806. The first-order valence-electron chi connectivity index (χ1n) is 7.45. The van der Waals surface area contributed by atoms with E-state index in [1.807, 2.05) is 24.3 Å². The highest BCUT2D eigenvalue weighted by molar-refractivity contribution is 5.94. The molecule has 0 bridgehead atoms. The van der Waals surface area contributed by atoms with Gasteiger partial charge in [-0.15, -0.1) is 0 Å². The van der Waals surface area contributed by atoms with Gasteiger partial charge in [0.05, 0.1) is 0 Å². The van der Waals surface area contributed by atoms with Gasteiger partial charge < -0.3 is 5.32 Å². The summed E-state index contributed by atoms with van der Waals surface area (Å²) >= 11 is 0. The molecule has 0 heterocycles. The normalized spacial score (nSPS) is 23.4. The van der Waals surface area contributed by atoms with Crippen LogP contribution in [0.15, 0.2) is 24.3 Å². The molecule has 0 amide bonds. The van der Waals surface area contributed by atoms with Gasteiger partial charge in [-0.05, 0) is 55.9 Å². The first-order valence-corrected chi connectivity index (χ1v) is 7.45. The monoisotopic (exact) mass is 259 g/mol. The zero-order chi connectivity index (χ0) is 13.8. The van der Waals surface area contributed by atoms with Crippen molar-refractivity contribution in [2.75, 3.05) is 5.32 Å². The second kappa shape index (κ2) is 6.23. The number of Topliss-reactive ketones (excluding diaryl/α,β-unsaturated/α-hetero) is 1. The highest BCUT2D eigenvalue weighted by Crippen LogP contribution is 2.32. The van der Waals surface area contributed by atoms with Crippen LogP contribution in [0.2, 0.25) is 0 Å². The number of rotatable bonds is 4. The second-order valence-electron chi connectivity index (χ2n) is 6.08. The van der Waals surface area contributed by atoms with Crippen molar-refractivity contribution in [3.63, 3.8) is 0 Å². The largest absolute Gasteiger partial charge is 0.382 e. The highest BCUT2D eigenvalue weighted by atomic mass is 16.1. The van der Waals surface area contributed by atoms with E-state index in [2.05, 4.69) is 19.2 Å². The van der Waals surface area contributed by atoms with Gasteiger partial charge in [0.2, 0.25) is 0 Å². The van der Waals surface area contributed by atoms with Gasteiger partial charge in [0, 0.05) is 17.3 Å². The number of nitrogens with one attached hydrogen (secondary N) is 1. The van der Waals surface area contributed by atoms with E-state index < -0.39 is 0 Å². The van der Waals surface area contributed by atoms with Gasteiger partial charge in [0.1, 0.15) is 0 Å².